The highest BCUT2D eigenvalue weighted by molar-refractivity contribution is 7.89. The highest BCUT2D eigenvalue weighted by Gasteiger charge is 2.31. The number of carbonyl (C=O) groups excluding carboxylic acids is 2. The molecular formula is C20H21F3N2O5S. The molecule has 11 heteroatoms. The first-order chi connectivity index (χ1) is 14.4. The Morgan fingerprint density at radius 1 is 1.10 bits per heavy atom. The molecule has 0 spiro atoms. The SMILES string of the molecule is Cc1ccc(CNC(=O)C(C)OC(=O)CNS(=O)(=O)c2cccc(C(F)(F)F)c2)cc1. The molecule has 0 aromatic heterocycles. The zero-order chi connectivity index (χ0) is 23.2. The van der Waals surface area contributed by atoms with Crippen molar-refractivity contribution in [3.05, 3.63) is 65.2 Å². The second kappa shape index (κ2) is 9.92. The summed E-state index contributed by atoms with van der Waals surface area (Å²) in [6, 6.07) is 10.5. The summed E-state index contributed by atoms with van der Waals surface area (Å²) in [5.74, 6) is -1.65. The van der Waals surface area contributed by atoms with E-state index in [4.69, 9.17) is 4.74 Å². The van der Waals surface area contributed by atoms with Crippen LogP contribution in [-0.2, 0) is 37.1 Å². The number of nitrogens with one attached hydrogen (secondary N) is 2. The molecular weight excluding hydrogens is 437 g/mol. The Hall–Kier alpha value is -2.92. The Morgan fingerprint density at radius 2 is 1.74 bits per heavy atom. The van der Waals surface area contributed by atoms with Crippen molar-refractivity contribution >= 4 is 21.9 Å². The van der Waals surface area contributed by atoms with Crippen molar-refractivity contribution in [2.75, 3.05) is 6.54 Å². The summed E-state index contributed by atoms with van der Waals surface area (Å²) in [7, 11) is -4.40. The molecule has 168 valence electrons. The van der Waals surface area contributed by atoms with Gasteiger partial charge in [0.2, 0.25) is 10.0 Å². The van der Waals surface area contributed by atoms with Crippen LogP contribution >= 0.6 is 0 Å². The first kappa shape index (κ1) is 24.4. The highest BCUT2D eigenvalue weighted by Crippen LogP contribution is 2.30. The Bertz CT molecular complexity index is 1040. The minimum Gasteiger partial charge on any atom is -0.452 e. The fourth-order valence-electron chi connectivity index (χ4n) is 2.41. The fraction of sp³-hybridized carbons (Fsp3) is 0.300. The maximum absolute atomic E-state index is 12.8. The first-order valence-electron chi connectivity index (χ1n) is 9.08. The van der Waals surface area contributed by atoms with E-state index in [1.807, 2.05) is 35.9 Å². The van der Waals surface area contributed by atoms with Gasteiger partial charge >= 0.3 is 12.1 Å². The van der Waals surface area contributed by atoms with Crippen LogP contribution < -0.4 is 10.0 Å². The molecule has 2 aromatic rings. The summed E-state index contributed by atoms with van der Waals surface area (Å²) in [6.45, 7) is 2.59. The van der Waals surface area contributed by atoms with E-state index in [0.717, 1.165) is 29.3 Å². The van der Waals surface area contributed by atoms with Crippen molar-refractivity contribution in [3.63, 3.8) is 0 Å². The van der Waals surface area contributed by atoms with E-state index in [2.05, 4.69) is 5.32 Å². The molecule has 0 saturated carbocycles. The van der Waals surface area contributed by atoms with E-state index in [-0.39, 0.29) is 6.54 Å². The Labute approximate surface area is 177 Å². The van der Waals surface area contributed by atoms with Gasteiger partial charge in [0.15, 0.2) is 6.10 Å². The molecule has 0 fully saturated rings. The van der Waals surface area contributed by atoms with Gasteiger partial charge in [-0.2, -0.15) is 17.9 Å². The number of ether oxygens (including phenoxy) is 1. The Balaban J connectivity index is 1.87. The number of carbonyl (C=O) groups is 2. The van der Waals surface area contributed by atoms with Crippen molar-refractivity contribution < 1.29 is 35.9 Å². The third-order valence-corrected chi connectivity index (χ3v) is 5.54. The van der Waals surface area contributed by atoms with E-state index in [1.165, 1.54) is 6.92 Å². The summed E-state index contributed by atoms with van der Waals surface area (Å²) < 4.78 is 69.3. The van der Waals surface area contributed by atoms with Crippen molar-refractivity contribution in [1.82, 2.24) is 10.0 Å². The second-order valence-electron chi connectivity index (χ2n) is 6.69. The van der Waals surface area contributed by atoms with Gasteiger partial charge < -0.3 is 10.1 Å². The van der Waals surface area contributed by atoms with Gasteiger partial charge in [0.05, 0.1) is 10.5 Å². The number of halogens is 3. The molecule has 0 aliphatic carbocycles. The molecule has 0 aliphatic heterocycles. The first-order valence-corrected chi connectivity index (χ1v) is 10.6. The monoisotopic (exact) mass is 458 g/mol. The van der Waals surface area contributed by atoms with Crippen molar-refractivity contribution in [2.24, 2.45) is 0 Å². The summed E-state index contributed by atoms with van der Waals surface area (Å²) in [5.41, 5.74) is 0.758. The third-order valence-electron chi connectivity index (χ3n) is 4.14. The molecule has 1 unspecified atom stereocenters. The number of aryl methyl sites for hydroxylation is 1. The van der Waals surface area contributed by atoms with Gasteiger partial charge in [0, 0.05) is 6.54 Å². The van der Waals surface area contributed by atoms with Gasteiger partial charge in [0.1, 0.15) is 6.54 Å². The largest absolute Gasteiger partial charge is 0.452 e. The maximum Gasteiger partial charge on any atom is 0.416 e. The molecule has 1 atom stereocenters. The molecule has 2 aromatic carbocycles. The van der Waals surface area contributed by atoms with E-state index < -0.39 is 51.2 Å². The fourth-order valence-corrected chi connectivity index (χ4v) is 3.42. The molecule has 0 aliphatic rings. The smallest absolute Gasteiger partial charge is 0.416 e. The van der Waals surface area contributed by atoms with Crippen LogP contribution in [0.4, 0.5) is 13.2 Å². The molecule has 0 saturated heterocycles. The molecule has 2 N–H and O–H groups in total. The number of alkyl halides is 3. The number of hydrogen-bond acceptors (Lipinski definition) is 5. The lowest BCUT2D eigenvalue weighted by molar-refractivity contribution is -0.153. The highest BCUT2D eigenvalue weighted by atomic mass is 32.2. The number of esters is 1. The molecule has 7 nitrogen and oxygen atoms in total. The van der Waals surface area contributed by atoms with Gasteiger partial charge in [-0.3, -0.25) is 9.59 Å². The number of sulfonamides is 1. The van der Waals surface area contributed by atoms with Gasteiger partial charge in [-0.05, 0) is 37.6 Å². The minimum absolute atomic E-state index is 0.211. The molecule has 1 amide bonds. The van der Waals surface area contributed by atoms with Gasteiger partial charge in [0.25, 0.3) is 5.91 Å². The van der Waals surface area contributed by atoms with Crippen LogP contribution in [0.3, 0.4) is 0 Å². The number of rotatable bonds is 8. The molecule has 0 heterocycles. The van der Waals surface area contributed by atoms with Crippen LogP contribution in [0.2, 0.25) is 0 Å². The van der Waals surface area contributed by atoms with Gasteiger partial charge in [-0.25, -0.2) is 8.42 Å². The summed E-state index contributed by atoms with van der Waals surface area (Å²) in [4.78, 5) is 23.3. The quantitative estimate of drug-likeness (QED) is 0.592. The molecule has 2 rings (SSSR count). The Morgan fingerprint density at radius 3 is 2.35 bits per heavy atom. The van der Waals surface area contributed by atoms with Crippen LogP contribution in [0.5, 0.6) is 0 Å². The zero-order valence-corrected chi connectivity index (χ0v) is 17.5. The lowest BCUT2D eigenvalue weighted by atomic mass is 10.1. The summed E-state index contributed by atoms with van der Waals surface area (Å²) in [5, 5.41) is 2.58. The number of benzene rings is 2. The molecule has 31 heavy (non-hydrogen) atoms. The van der Waals surface area contributed by atoms with E-state index >= 15 is 0 Å². The molecule has 0 radical (unpaired) electrons. The predicted molar refractivity (Wildman–Crippen MR) is 105 cm³/mol. The Kier molecular flexibility index (Phi) is 7.80. The third kappa shape index (κ3) is 7.37. The number of amides is 1. The number of hydrogen-bond donors (Lipinski definition) is 2. The average molecular weight is 458 g/mol. The van der Waals surface area contributed by atoms with Crippen LogP contribution in [-0.4, -0.2) is 32.9 Å². The van der Waals surface area contributed by atoms with Crippen LogP contribution in [0.1, 0.15) is 23.6 Å². The zero-order valence-electron chi connectivity index (χ0n) is 16.7. The average Bonchev–Trinajstić information content (AvgIpc) is 2.71. The lowest BCUT2D eigenvalue weighted by Gasteiger charge is -2.14. The minimum atomic E-state index is -4.72. The second-order valence-corrected chi connectivity index (χ2v) is 8.45. The normalized spacial score (nSPS) is 12.8. The van der Waals surface area contributed by atoms with Gasteiger partial charge in [-0.1, -0.05) is 35.9 Å². The van der Waals surface area contributed by atoms with E-state index in [1.54, 1.807) is 0 Å². The van der Waals surface area contributed by atoms with E-state index in [0.29, 0.717) is 6.07 Å². The van der Waals surface area contributed by atoms with Crippen molar-refractivity contribution in [3.8, 4) is 0 Å². The lowest BCUT2D eigenvalue weighted by Crippen LogP contribution is -2.38. The predicted octanol–water partition coefficient (Wildman–Crippen LogP) is 2.54. The topological polar surface area (TPSA) is 102 Å². The van der Waals surface area contributed by atoms with Crippen LogP contribution in [0.15, 0.2) is 53.4 Å². The summed E-state index contributed by atoms with van der Waals surface area (Å²) >= 11 is 0. The van der Waals surface area contributed by atoms with Crippen LogP contribution in [0, 0.1) is 6.92 Å². The van der Waals surface area contributed by atoms with Crippen molar-refractivity contribution in [2.45, 2.75) is 37.6 Å². The summed E-state index contributed by atoms with van der Waals surface area (Å²) in [6.07, 6.45) is -5.91. The standard InChI is InChI=1S/C20H21F3N2O5S/c1-13-6-8-15(9-7-13)11-24-19(27)14(2)30-18(26)12-25-31(28,29)17-5-3-4-16(10-17)20(21,22)23/h3-10,14,25H,11-12H2,1-2H3,(H,24,27). The van der Waals surface area contributed by atoms with E-state index in [9.17, 15) is 31.2 Å². The maximum atomic E-state index is 12.8. The molecule has 0 bridgehead atoms. The van der Waals surface area contributed by atoms with Crippen LogP contribution in [0.25, 0.3) is 0 Å². The van der Waals surface area contributed by atoms with Crippen molar-refractivity contribution in [1.29, 1.82) is 0 Å². The van der Waals surface area contributed by atoms with Gasteiger partial charge in [-0.15, -0.1) is 0 Å².